The largest absolute Gasteiger partial charge is 0.481 e. The highest BCUT2D eigenvalue weighted by Gasteiger charge is 2.21. The monoisotopic (exact) mass is 744 g/mol. The van der Waals surface area contributed by atoms with Gasteiger partial charge in [0.2, 0.25) is 17.7 Å². The van der Waals surface area contributed by atoms with Gasteiger partial charge in [-0.05, 0) is 45.6 Å². The van der Waals surface area contributed by atoms with E-state index in [1.54, 1.807) is 7.05 Å². The number of Topliss-reactive ketones (excluding diaryl/α,β-unsaturated/α-hetero) is 1. The van der Waals surface area contributed by atoms with Crippen LogP contribution in [0.25, 0.3) is 0 Å². The van der Waals surface area contributed by atoms with Crippen LogP contribution in [0.4, 0.5) is 0 Å². The lowest BCUT2D eigenvalue weighted by Gasteiger charge is -2.14. The Labute approximate surface area is 310 Å². The second-order valence-corrected chi connectivity index (χ2v) is 13.2. The summed E-state index contributed by atoms with van der Waals surface area (Å²) in [4.78, 5) is 69.9. The maximum absolute atomic E-state index is 12.3. The normalized spacial score (nSPS) is 12.2. The summed E-state index contributed by atoms with van der Waals surface area (Å²) in [6, 6.07) is -1.52. The van der Waals surface area contributed by atoms with Crippen LogP contribution in [0.15, 0.2) is 0 Å². The van der Waals surface area contributed by atoms with Gasteiger partial charge in [0.05, 0.1) is 25.9 Å². The van der Waals surface area contributed by atoms with Gasteiger partial charge in [0, 0.05) is 32.4 Å². The summed E-state index contributed by atoms with van der Waals surface area (Å²) < 4.78 is 10.7. The number of rotatable bonds is 38. The molecule has 0 rings (SSSR count). The summed E-state index contributed by atoms with van der Waals surface area (Å²) in [5.41, 5.74) is 0. The lowest BCUT2D eigenvalue weighted by molar-refractivity contribution is -0.142. The summed E-state index contributed by atoms with van der Waals surface area (Å²) in [7, 11) is 1.66. The minimum Gasteiger partial charge on any atom is -0.481 e. The molecule has 0 aliphatic heterocycles. The zero-order valence-corrected chi connectivity index (χ0v) is 31.6. The Kier molecular flexibility index (Phi) is 32.8. The van der Waals surface area contributed by atoms with Gasteiger partial charge in [0.15, 0.2) is 5.78 Å². The molecule has 0 spiro atoms. The number of aliphatic hydroxyl groups is 1. The number of aliphatic hydroxyl groups excluding tert-OH is 1. The van der Waals surface area contributed by atoms with Crippen molar-refractivity contribution in [2.45, 2.75) is 147 Å². The minimum absolute atomic E-state index is 0.0175. The standard InChI is InChI=1S/C37H68N4O11/c1-38-30(32(43)28-42)18-16-17-23-39-35(46)29-52-27-26-51-25-24-40-33(44)22-21-31(37(49)50)41-34(45)19-14-12-10-8-6-4-2-3-5-7-9-11-13-15-20-36(47)48/h30-31,38,42H,2-29H2,1H3,(H,39,46)(H,40,44)(H,41,45)(H,47,48)(H,49,50)/t30-,31-/m0/s1. The smallest absolute Gasteiger partial charge is 0.326 e. The predicted octanol–water partition coefficient (Wildman–Crippen LogP) is 3.25. The van der Waals surface area contributed by atoms with Crippen molar-refractivity contribution in [3.63, 3.8) is 0 Å². The van der Waals surface area contributed by atoms with E-state index in [4.69, 9.17) is 19.7 Å². The first-order valence-electron chi connectivity index (χ1n) is 19.3. The van der Waals surface area contributed by atoms with Crippen molar-refractivity contribution in [1.29, 1.82) is 0 Å². The van der Waals surface area contributed by atoms with E-state index in [1.165, 1.54) is 44.9 Å². The van der Waals surface area contributed by atoms with E-state index in [9.17, 15) is 33.9 Å². The summed E-state index contributed by atoms with van der Waals surface area (Å²) in [5, 5.41) is 37.8. The van der Waals surface area contributed by atoms with Crippen LogP contribution in [0.5, 0.6) is 0 Å². The molecular weight excluding hydrogens is 676 g/mol. The topological polar surface area (TPSA) is 230 Å². The van der Waals surface area contributed by atoms with Crippen molar-refractivity contribution in [3.05, 3.63) is 0 Å². The summed E-state index contributed by atoms with van der Waals surface area (Å²) >= 11 is 0. The lowest BCUT2D eigenvalue weighted by Crippen LogP contribution is -2.41. The number of ether oxygens (including phenoxy) is 2. The molecule has 0 fully saturated rings. The minimum atomic E-state index is -1.18. The van der Waals surface area contributed by atoms with Crippen LogP contribution in [-0.4, -0.2) is 116 Å². The second-order valence-electron chi connectivity index (χ2n) is 13.2. The number of likely N-dealkylation sites (N-methyl/N-ethyl adjacent to an activating group) is 1. The van der Waals surface area contributed by atoms with Gasteiger partial charge >= 0.3 is 11.9 Å². The number of carbonyl (C=O) groups excluding carboxylic acids is 4. The van der Waals surface area contributed by atoms with Crippen LogP contribution < -0.4 is 21.3 Å². The Balaban J connectivity index is 3.72. The van der Waals surface area contributed by atoms with Crippen molar-refractivity contribution < 1.29 is 53.6 Å². The zero-order chi connectivity index (χ0) is 38.7. The molecule has 302 valence electrons. The van der Waals surface area contributed by atoms with E-state index in [1.807, 2.05) is 0 Å². The third kappa shape index (κ3) is 31.6. The Morgan fingerprint density at radius 1 is 0.538 bits per heavy atom. The molecule has 0 aromatic heterocycles. The SMILES string of the molecule is CN[C@@H](CCCCNC(=O)COCCOCCNC(=O)CC[C@H](NC(=O)CCCCCCCCCCCCCCCCC(=O)O)C(=O)O)C(=O)CO. The van der Waals surface area contributed by atoms with Gasteiger partial charge in [0.25, 0.3) is 0 Å². The summed E-state index contributed by atoms with van der Waals surface area (Å²) in [6.07, 6.45) is 17.6. The highest BCUT2D eigenvalue weighted by Crippen LogP contribution is 2.14. The second kappa shape index (κ2) is 34.9. The van der Waals surface area contributed by atoms with E-state index >= 15 is 0 Å². The molecule has 2 atom stereocenters. The molecule has 0 aliphatic rings. The quantitative estimate of drug-likeness (QED) is 0.0452. The van der Waals surface area contributed by atoms with Gasteiger partial charge in [-0.2, -0.15) is 0 Å². The fourth-order valence-electron chi connectivity index (χ4n) is 5.55. The Hall–Kier alpha value is -3.14. The maximum atomic E-state index is 12.3. The molecule has 0 aliphatic carbocycles. The first-order valence-corrected chi connectivity index (χ1v) is 19.3. The predicted molar refractivity (Wildman–Crippen MR) is 197 cm³/mol. The summed E-state index contributed by atoms with van der Waals surface area (Å²) in [5.74, 6) is -3.08. The van der Waals surface area contributed by atoms with Crippen molar-refractivity contribution in [3.8, 4) is 0 Å². The van der Waals surface area contributed by atoms with Gasteiger partial charge in [0.1, 0.15) is 19.3 Å². The van der Waals surface area contributed by atoms with Gasteiger partial charge in [-0.1, -0.05) is 77.0 Å². The molecular formula is C37H68N4O11. The number of carboxylic acids is 2. The third-order valence-corrected chi connectivity index (χ3v) is 8.65. The Morgan fingerprint density at radius 2 is 1.08 bits per heavy atom. The molecule has 15 nitrogen and oxygen atoms in total. The molecule has 0 saturated carbocycles. The van der Waals surface area contributed by atoms with Crippen LogP contribution in [-0.2, 0) is 38.2 Å². The van der Waals surface area contributed by atoms with Crippen LogP contribution in [0, 0.1) is 0 Å². The molecule has 0 unspecified atom stereocenters. The Bertz CT molecular complexity index is 983. The zero-order valence-electron chi connectivity index (χ0n) is 31.6. The Morgan fingerprint density at radius 3 is 1.62 bits per heavy atom. The van der Waals surface area contributed by atoms with Crippen LogP contribution in [0.2, 0.25) is 0 Å². The van der Waals surface area contributed by atoms with Crippen molar-refractivity contribution in [1.82, 2.24) is 21.3 Å². The average molecular weight is 745 g/mol. The van der Waals surface area contributed by atoms with Gasteiger partial charge in [-0.25, -0.2) is 4.79 Å². The van der Waals surface area contributed by atoms with E-state index in [2.05, 4.69) is 21.3 Å². The van der Waals surface area contributed by atoms with E-state index in [0.717, 1.165) is 38.5 Å². The molecule has 0 bridgehead atoms. The highest BCUT2D eigenvalue weighted by molar-refractivity contribution is 5.85. The number of nitrogens with one attached hydrogen (secondary N) is 4. The first-order chi connectivity index (χ1) is 25.1. The fraction of sp³-hybridized carbons (Fsp3) is 0.838. The third-order valence-electron chi connectivity index (χ3n) is 8.65. The number of carbonyl (C=O) groups is 6. The number of carboxylic acid groups (broad SMARTS) is 2. The highest BCUT2D eigenvalue weighted by atomic mass is 16.5. The van der Waals surface area contributed by atoms with E-state index < -0.39 is 24.6 Å². The number of unbranched alkanes of at least 4 members (excludes halogenated alkanes) is 14. The first kappa shape index (κ1) is 48.9. The molecule has 0 saturated heterocycles. The average Bonchev–Trinajstić information content (AvgIpc) is 3.11. The van der Waals surface area contributed by atoms with Gasteiger partial charge in [-0.3, -0.25) is 24.0 Å². The number of hydrogen-bond acceptors (Lipinski definition) is 10. The van der Waals surface area contributed by atoms with Crippen LogP contribution in [0.1, 0.15) is 135 Å². The van der Waals surface area contributed by atoms with E-state index in [0.29, 0.717) is 32.2 Å². The van der Waals surface area contributed by atoms with E-state index in [-0.39, 0.29) is 88.2 Å². The molecule has 15 heteroatoms. The molecule has 3 amide bonds. The summed E-state index contributed by atoms with van der Waals surface area (Å²) in [6.45, 7) is 0.691. The number of aliphatic carboxylic acids is 2. The molecule has 0 radical (unpaired) electrons. The lowest BCUT2D eigenvalue weighted by atomic mass is 10.0. The van der Waals surface area contributed by atoms with Gasteiger partial charge < -0.3 is 46.1 Å². The molecule has 0 aromatic rings. The number of amides is 3. The van der Waals surface area contributed by atoms with Crippen molar-refractivity contribution in [2.24, 2.45) is 0 Å². The molecule has 7 N–H and O–H groups in total. The fourth-order valence-corrected chi connectivity index (χ4v) is 5.55. The number of hydrogen-bond donors (Lipinski definition) is 7. The number of ketones is 1. The van der Waals surface area contributed by atoms with Gasteiger partial charge in [-0.15, -0.1) is 0 Å². The van der Waals surface area contributed by atoms with Crippen LogP contribution >= 0.6 is 0 Å². The molecule has 52 heavy (non-hydrogen) atoms. The molecule has 0 heterocycles. The van der Waals surface area contributed by atoms with Crippen LogP contribution in [0.3, 0.4) is 0 Å². The maximum Gasteiger partial charge on any atom is 0.326 e. The van der Waals surface area contributed by atoms with Crippen molar-refractivity contribution >= 4 is 35.4 Å². The van der Waals surface area contributed by atoms with Crippen molar-refractivity contribution in [2.75, 3.05) is 53.2 Å². The molecule has 0 aromatic carbocycles.